The molecule has 0 radical (unpaired) electrons. The lowest BCUT2D eigenvalue weighted by Gasteiger charge is -2.13. The Kier molecular flexibility index (Phi) is 5.02. The molecule has 1 atom stereocenters. The quantitative estimate of drug-likeness (QED) is 0.456. The Hall–Kier alpha value is -2.43. The zero-order valence-corrected chi connectivity index (χ0v) is 11.7. The number of H-pyrrole nitrogens is 2. The number of aromatic nitrogens is 2. The molecule has 0 bridgehead atoms. The fourth-order valence-electron chi connectivity index (χ4n) is 1.42. The third kappa shape index (κ3) is 5.60. The van der Waals surface area contributed by atoms with Crippen LogP contribution in [0.3, 0.4) is 0 Å². The largest absolute Gasteiger partial charge is 0.480 e. The number of carboxylic acid groups (broad SMARTS) is 1. The van der Waals surface area contributed by atoms with Gasteiger partial charge in [0.25, 0.3) is 11.5 Å². The predicted octanol–water partition coefficient (Wildman–Crippen LogP) is -2.32. The highest BCUT2D eigenvalue weighted by molar-refractivity contribution is 7.90. The van der Waals surface area contributed by atoms with E-state index >= 15 is 0 Å². The second-order valence-electron chi connectivity index (χ2n) is 4.28. The molecule has 116 valence electrons. The molecular formula is C10H13N3O7S. The zero-order valence-electron chi connectivity index (χ0n) is 10.9. The monoisotopic (exact) mass is 319 g/mol. The molecule has 0 spiro atoms. The van der Waals surface area contributed by atoms with Crippen molar-refractivity contribution in [2.75, 3.05) is 12.0 Å². The first-order chi connectivity index (χ1) is 9.58. The Labute approximate surface area is 118 Å². The number of sulfone groups is 1. The molecule has 1 amide bonds. The molecule has 0 saturated carbocycles. The standard InChI is InChI=1S/C10H13N3O7S/c1-21(19,20)3-2-5(9(16)17)11-8(15)6-4-7(14)13-10(18)12-6/h4-5H,2-3H2,1H3,(H,11,15)(H,16,17)(H2,12,13,14,18). The van der Waals surface area contributed by atoms with Crippen molar-refractivity contribution in [3.05, 3.63) is 32.6 Å². The lowest BCUT2D eigenvalue weighted by atomic mass is 10.2. The number of aliphatic carboxylic acids is 1. The van der Waals surface area contributed by atoms with Gasteiger partial charge in [-0.3, -0.25) is 14.6 Å². The summed E-state index contributed by atoms with van der Waals surface area (Å²) >= 11 is 0. The molecule has 1 heterocycles. The molecule has 0 saturated heterocycles. The number of aromatic amines is 2. The molecular weight excluding hydrogens is 306 g/mol. The number of carbonyl (C=O) groups excluding carboxylic acids is 1. The maximum atomic E-state index is 11.7. The Morgan fingerprint density at radius 3 is 2.43 bits per heavy atom. The van der Waals surface area contributed by atoms with E-state index in [1.165, 1.54) is 0 Å². The maximum Gasteiger partial charge on any atom is 0.326 e. The molecule has 10 nitrogen and oxygen atoms in total. The lowest BCUT2D eigenvalue weighted by molar-refractivity contribution is -0.139. The van der Waals surface area contributed by atoms with Gasteiger partial charge in [0.15, 0.2) is 0 Å². The van der Waals surface area contributed by atoms with Crippen LogP contribution < -0.4 is 16.6 Å². The molecule has 1 rings (SSSR count). The Balaban J connectivity index is 2.88. The van der Waals surface area contributed by atoms with Gasteiger partial charge in [-0.15, -0.1) is 0 Å². The van der Waals surface area contributed by atoms with Gasteiger partial charge in [-0.2, -0.15) is 0 Å². The molecule has 11 heteroatoms. The van der Waals surface area contributed by atoms with E-state index in [9.17, 15) is 27.6 Å². The summed E-state index contributed by atoms with van der Waals surface area (Å²) in [6, 6.07) is -0.679. The average molecular weight is 319 g/mol. The highest BCUT2D eigenvalue weighted by Crippen LogP contribution is 1.99. The fourth-order valence-corrected chi connectivity index (χ4v) is 2.08. The molecule has 1 aromatic heterocycles. The van der Waals surface area contributed by atoms with Gasteiger partial charge in [-0.05, 0) is 6.42 Å². The third-order valence-corrected chi connectivity index (χ3v) is 3.36. The molecule has 0 aromatic carbocycles. The Morgan fingerprint density at radius 2 is 1.95 bits per heavy atom. The second-order valence-corrected chi connectivity index (χ2v) is 6.54. The van der Waals surface area contributed by atoms with E-state index in [4.69, 9.17) is 5.11 Å². The van der Waals surface area contributed by atoms with Gasteiger partial charge in [0, 0.05) is 12.3 Å². The molecule has 21 heavy (non-hydrogen) atoms. The van der Waals surface area contributed by atoms with Crippen molar-refractivity contribution in [2.24, 2.45) is 0 Å². The summed E-state index contributed by atoms with van der Waals surface area (Å²) in [6.07, 6.45) is 0.593. The van der Waals surface area contributed by atoms with Crippen molar-refractivity contribution in [3.63, 3.8) is 0 Å². The Morgan fingerprint density at radius 1 is 1.33 bits per heavy atom. The topological polar surface area (TPSA) is 166 Å². The van der Waals surface area contributed by atoms with Gasteiger partial charge in [0.05, 0.1) is 5.75 Å². The van der Waals surface area contributed by atoms with E-state index in [1.54, 1.807) is 0 Å². The van der Waals surface area contributed by atoms with Crippen LogP contribution in [0.4, 0.5) is 0 Å². The van der Waals surface area contributed by atoms with Gasteiger partial charge in [0.1, 0.15) is 21.6 Å². The summed E-state index contributed by atoms with van der Waals surface area (Å²) in [4.78, 5) is 48.6. The molecule has 0 aliphatic carbocycles. The van der Waals surface area contributed by atoms with Gasteiger partial charge >= 0.3 is 11.7 Å². The van der Waals surface area contributed by atoms with E-state index in [0.29, 0.717) is 0 Å². The summed E-state index contributed by atoms with van der Waals surface area (Å²) in [6.45, 7) is 0. The maximum absolute atomic E-state index is 11.7. The van der Waals surface area contributed by atoms with Crippen LogP contribution in [0.25, 0.3) is 0 Å². The first-order valence-corrected chi connectivity index (χ1v) is 7.69. The van der Waals surface area contributed by atoms with Crippen molar-refractivity contribution in [1.29, 1.82) is 0 Å². The number of hydrogen-bond acceptors (Lipinski definition) is 6. The van der Waals surface area contributed by atoms with Crippen LogP contribution in [0.2, 0.25) is 0 Å². The Bertz CT molecular complexity index is 733. The number of nitrogens with one attached hydrogen (secondary N) is 3. The minimum absolute atomic E-state index is 0.340. The highest BCUT2D eigenvalue weighted by atomic mass is 32.2. The summed E-state index contributed by atoms with van der Waals surface area (Å²) < 4.78 is 22.0. The molecule has 0 fully saturated rings. The second kappa shape index (κ2) is 6.35. The normalized spacial score (nSPS) is 12.6. The number of hydrogen-bond donors (Lipinski definition) is 4. The van der Waals surface area contributed by atoms with E-state index in [0.717, 1.165) is 12.3 Å². The van der Waals surface area contributed by atoms with Gasteiger partial charge in [-0.1, -0.05) is 0 Å². The minimum Gasteiger partial charge on any atom is -0.480 e. The molecule has 0 aliphatic heterocycles. The van der Waals surface area contributed by atoms with Crippen LogP contribution >= 0.6 is 0 Å². The van der Waals surface area contributed by atoms with E-state index in [1.807, 2.05) is 15.3 Å². The first-order valence-electron chi connectivity index (χ1n) is 5.63. The van der Waals surface area contributed by atoms with Crippen LogP contribution in [-0.4, -0.2) is 53.4 Å². The number of rotatable bonds is 6. The van der Waals surface area contributed by atoms with Crippen molar-refractivity contribution in [3.8, 4) is 0 Å². The molecule has 4 N–H and O–H groups in total. The van der Waals surface area contributed by atoms with Gasteiger partial charge < -0.3 is 15.4 Å². The van der Waals surface area contributed by atoms with Crippen molar-refractivity contribution in [2.45, 2.75) is 12.5 Å². The van der Waals surface area contributed by atoms with Crippen molar-refractivity contribution >= 4 is 21.7 Å². The van der Waals surface area contributed by atoms with Crippen molar-refractivity contribution in [1.82, 2.24) is 15.3 Å². The lowest BCUT2D eigenvalue weighted by Crippen LogP contribution is -2.43. The number of carboxylic acids is 1. The van der Waals surface area contributed by atoms with Crippen LogP contribution in [0.1, 0.15) is 16.9 Å². The molecule has 0 aliphatic rings. The molecule has 1 aromatic rings. The van der Waals surface area contributed by atoms with Gasteiger partial charge in [0.2, 0.25) is 0 Å². The van der Waals surface area contributed by atoms with E-state index < -0.39 is 50.5 Å². The molecule has 1 unspecified atom stereocenters. The van der Waals surface area contributed by atoms with Gasteiger partial charge in [-0.25, -0.2) is 18.0 Å². The van der Waals surface area contributed by atoms with Crippen LogP contribution in [0, 0.1) is 0 Å². The SMILES string of the molecule is CS(=O)(=O)CCC(NC(=O)c1cc(=O)[nH]c(=O)[nH]1)C(=O)O. The summed E-state index contributed by atoms with van der Waals surface area (Å²) in [5.41, 5.74) is -2.17. The van der Waals surface area contributed by atoms with Crippen LogP contribution in [-0.2, 0) is 14.6 Å². The number of carbonyl (C=O) groups is 2. The third-order valence-electron chi connectivity index (χ3n) is 2.39. The average Bonchev–Trinajstić information content (AvgIpc) is 2.31. The van der Waals surface area contributed by atoms with Crippen molar-refractivity contribution < 1.29 is 23.1 Å². The van der Waals surface area contributed by atoms with Crippen LogP contribution in [0.5, 0.6) is 0 Å². The zero-order chi connectivity index (χ0) is 16.2. The minimum atomic E-state index is -3.39. The highest BCUT2D eigenvalue weighted by Gasteiger charge is 2.22. The summed E-state index contributed by atoms with van der Waals surface area (Å²) in [5.74, 6) is -2.87. The fraction of sp³-hybridized carbons (Fsp3) is 0.400. The van der Waals surface area contributed by atoms with E-state index in [-0.39, 0.29) is 6.42 Å². The summed E-state index contributed by atoms with van der Waals surface area (Å²) in [7, 11) is -3.39. The van der Waals surface area contributed by atoms with Crippen LogP contribution in [0.15, 0.2) is 15.7 Å². The predicted molar refractivity (Wildman–Crippen MR) is 70.9 cm³/mol. The number of amides is 1. The summed E-state index contributed by atoms with van der Waals surface area (Å²) in [5, 5.41) is 11.0. The first kappa shape index (κ1) is 16.6. The smallest absolute Gasteiger partial charge is 0.326 e. The van der Waals surface area contributed by atoms with E-state index in [2.05, 4.69) is 0 Å².